The van der Waals surface area contributed by atoms with Crippen molar-refractivity contribution in [1.29, 1.82) is 0 Å². The number of pyridine rings is 1. The molecule has 1 aliphatic rings. The van der Waals surface area contributed by atoms with Gasteiger partial charge in [-0.3, -0.25) is 9.67 Å². The van der Waals surface area contributed by atoms with Crippen molar-refractivity contribution in [3.05, 3.63) is 59.5 Å². The molecule has 118 valence electrons. The summed E-state index contributed by atoms with van der Waals surface area (Å²) in [6.45, 7) is 4.49. The molecule has 4 heterocycles. The van der Waals surface area contributed by atoms with Gasteiger partial charge in [0.05, 0.1) is 24.1 Å². The number of hydrogen-bond acceptors (Lipinski definition) is 6. The van der Waals surface area contributed by atoms with Gasteiger partial charge in [-0.1, -0.05) is 5.16 Å². The van der Waals surface area contributed by atoms with Gasteiger partial charge in [0.2, 0.25) is 0 Å². The van der Waals surface area contributed by atoms with Crippen LogP contribution in [0.4, 0.5) is 5.69 Å². The number of hydrogen-bond donors (Lipinski definition) is 1. The summed E-state index contributed by atoms with van der Waals surface area (Å²) in [4.78, 5) is 4.02. The minimum atomic E-state index is -0.0193. The molecule has 1 N–H and O–H groups in total. The molecule has 4 rings (SSSR count). The summed E-state index contributed by atoms with van der Waals surface area (Å²) >= 11 is 0. The Bertz CT molecular complexity index is 792. The zero-order valence-corrected chi connectivity index (χ0v) is 12.9. The van der Waals surface area contributed by atoms with Crippen LogP contribution in [0, 0.1) is 13.8 Å². The van der Waals surface area contributed by atoms with Gasteiger partial charge < -0.3 is 14.6 Å². The van der Waals surface area contributed by atoms with Crippen LogP contribution in [-0.2, 0) is 11.3 Å². The van der Waals surface area contributed by atoms with E-state index in [1.54, 1.807) is 18.6 Å². The highest BCUT2D eigenvalue weighted by molar-refractivity contribution is 5.41. The summed E-state index contributed by atoms with van der Waals surface area (Å²) in [5.74, 6) is 0.829. The average molecular weight is 311 g/mol. The number of ether oxygens (including phenoxy) is 1. The normalized spacial score (nSPS) is 19.7. The van der Waals surface area contributed by atoms with Crippen molar-refractivity contribution >= 4 is 5.69 Å². The van der Waals surface area contributed by atoms with Gasteiger partial charge in [0, 0.05) is 24.2 Å². The molecule has 0 spiro atoms. The molecule has 2 unspecified atom stereocenters. The Labute approximate surface area is 133 Å². The molecule has 1 fully saturated rings. The van der Waals surface area contributed by atoms with Crippen LogP contribution in [0.1, 0.15) is 28.7 Å². The minimum absolute atomic E-state index is 0.0193. The van der Waals surface area contributed by atoms with E-state index in [0.29, 0.717) is 6.54 Å². The third-order valence-corrected chi connectivity index (χ3v) is 3.97. The fourth-order valence-corrected chi connectivity index (χ4v) is 2.61. The molecule has 0 aliphatic carbocycles. The predicted octanol–water partition coefficient (Wildman–Crippen LogP) is 2.44. The molecule has 3 aromatic heterocycles. The summed E-state index contributed by atoms with van der Waals surface area (Å²) < 4.78 is 12.7. The number of rotatable bonds is 5. The van der Waals surface area contributed by atoms with Gasteiger partial charge in [-0.25, -0.2) is 0 Å². The average Bonchev–Trinajstić information content (AvgIpc) is 3.08. The lowest BCUT2D eigenvalue weighted by Gasteiger charge is -2.01. The van der Waals surface area contributed by atoms with Crippen molar-refractivity contribution in [3.63, 3.8) is 0 Å². The zero-order chi connectivity index (χ0) is 15.8. The smallest absolute Gasteiger partial charge is 0.159 e. The van der Waals surface area contributed by atoms with Gasteiger partial charge in [-0.2, -0.15) is 5.10 Å². The maximum atomic E-state index is 5.66. The van der Waals surface area contributed by atoms with Crippen molar-refractivity contribution in [2.75, 3.05) is 5.32 Å². The maximum Gasteiger partial charge on any atom is 0.159 e. The lowest BCUT2D eigenvalue weighted by Crippen LogP contribution is -2.04. The first kappa shape index (κ1) is 14.0. The summed E-state index contributed by atoms with van der Waals surface area (Å²) in [6, 6.07) is 3.93. The predicted molar refractivity (Wildman–Crippen MR) is 82.8 cm³/mol. The molecule has 2 atom stereocenters. The fourth-order valence-electron chi connectivity index (χ4n) is 2.61. The molecule has 0 aromatic carbocycles. The number of epoxide rings is 1. The monoisotopic (exact) mass is 311 g/mol. The molecule has 3 aromatic rings. The van der Waals surface area contributed by atoms with E-state index in [0.717, 1.165) is 28.3 Å². The van der Waals surface area contributed by atoms with Crippen molar-refractivity contribution < 1.29 is 9.26 Å². The summed E-state index contributed by atoms with van der Waals surface area (Å²) in [5, 5.41) is 11.7. The van der Waals surface area contributed by atoms with E-state index in [4.69, 9.17) is 9.26 Å². The Hall–Kier alpha value is -2.67. The Morgan fingerprint density at radius 2 is 2.09 bits per heavy atom. The summed E-state index contributed by atoms with van der Waals surface area (Å²) in [6.07, 6.45) is 7.35. The zero-order valence-electron chi connectivity index (χ0n) is 12.9. The summed E-state index contributed by atoms with van der Waals surface area (Å²) in [7, 11) is 0. The molecule has 7 nitrogen and oxygen atoms in total. The van der Waals surface area contributed by atoms with Crippen molar-refractivity contribution in [3.8, 4) is 0 Å². The minimum Gasteiger partial charge on any atom is -0.361 e. The molecule has 0 bridgehead atoms. The van der Waals surface area contributed by atoms with Gasteiger partial charge >= 0.3 is 0 Å². The largest absolute Gasteiger partial charge is 0.361 e. The SMILES string of the molecule is Cc1noc(C)c1Cn1cc(NC2OC2c2ccncc2)cn1. The standard InChI is InChI=1S/C16H17N5O2/c1-10-14(11(2)23-20-10)9-21-8-13(7-18-21)19-16-15(22-16)12-3-5-17-6-4-12/h3-8,15-16,19H,9H2,1-2H3. The van der Waals surface area contributed by atoms with Gasteiger partial charge in [0.1, 0.15) is 11.9 Å². The highest BCUT2D eigenvalue weighted by atomic mass is 16.6. The van der Waals surface area contributed by atoms with Crippen LogP contribution in [0.3, 0.4) is 0 Å². The van der Waals surface area contributed by atoms with Crippen LogP contribution in [0.15, 0.2) is 41.4 Å². The molecular formula is C16H17N5O2. The molecule has 0 radical (unpaired) electrons. The van der Waals surface area contributed by atoms with E-state index in [1.165, 1.54) is 0 Å². The van der Waals surface area contributed by atoms with Crippen LogP contribution in [0.25, 0.3) is 0 Å². The van der Waals surface area contributed by atoms with E-state index in [1.807, 2.05) is 36.9 Å². The Morgan fingerprint density at radius 1 is 1.26 bits per heavy atom. The van der Waals surface area contributed by atoms with Gasteiger partial charge in [-0.05, 0) is 31.5 Å². The maximum absolute atomic E-state index is 5.66. The van der Waals surface area contributed by atoms with Crippen LogP contribution < -0.4 is 5.32 Å². The number of aryl methyl sites for hydroxylation is 2. The van der Waals surface area contributed by atoms with Crippen molar-refractivity contribution in [1.82, 2.24) is 19.9 Å². The van der Waals surface area contributed by atoms with Crippen LogP contribution in [0.5, 0.6) is 0 Å². The second kappa shape index (κ2) is 5.51. The Balaban J connectivity index is 1.40. The van der Waals surface area contributed by atoms with Crippen molar-refractivity contribution in [2.24, 2.45) is 0 Å². The van der Waals surface area contributed by atoms with Crippen molar-refractivity contribution in [2.45, 2.75) is 32.7 Å². The molecule has 7 heteroatoms. The molecule has 1 saturated heterocycles. The Morgan fingerprint density at radius 3 is 2.83 bits per heavy atom. The first-order valence-electron chi connectivity index (χ1n) is 7.47. The van der Waals surface area contributed by atoms with E-state index >= 15 is 0 Å². The lowest BCUT2D eigenvalue weighted by atomic mass is 10.2. The molecule has 23 heavy (non-hydrogen) atoms. The third-order valence-electron chi connectivity index (χ3n) is 3.97. The topological polar surface area (TPSA) is 81.3 Å². The molecule has 1 aliphatic heterocycles. The van der Waals surface area contributed by atoms with Gasteiger partial charge in [-0.15, -0.1) is 0 Å². The van der Waals surface area contributed by atoms with Gasteiger partial charge in [0.15, 0.2) is 6.23 Å². The quantitative estimate of drug-likeness (QED) is 0.729. The second-order valence-electron chi connectivity index (χ2n) is 5.63. The first-order chi connectivity index (χ1) is 11.2. The number of anilines is 1. The number of nitrogens with zero attached hydrogens (tertiary/aromatic N) is 4. The Kier molecular flexibility index (Phi) is 3.34. The van der Waals surface area contributed by atoms with Crippen LogP contribution >= 0.6 is 0 Å². The van der Waals surface area contributed by atoms with Crippen LogP contribution in [0.2, 0.25) is 0 Å². The highest BCUT2D eigenvalue weighted by Crippen LogP contribution is 2.38. The lowest BCUT2D eigenvalue weighted by molar-refractivity contribution is 0.386. The first-order valence-corrected chi connectivity index (χ1v) is 7.47. The highest BCUT2D eigenvalue weighted by Gasteiger charge is 2.40. The number of nitrogens with one attached hydrogen (secondary N) is 1. The molecule has 0 amide bonds. The summed E-state index contributed by atoms with van der Waals surface area (Å²) in [5.41, 5.74) is 4.02. The fraction of sp³-hybridized carbons (Fsp3) is 0.312. The third kappa shape index (κ3) is 2.83. The molecular weight excluding hydrogens is 294 g/mol. The number of aromatic nitrogens is 4. The van der Waals surface area contributed by atoms with E-state index in [2.05, 4.69) is 20.6 Å². The van der Waals surface area contributed by atoms with E-state index in [-0.39, 0.29) is 12.3 Å². The second-order valence-corrected chi connectivity index (χ2v) is 5.63. The van der Waals surface area contributed by atoms with Crippen LogP contribution in [-0.4, -0.2) is 26.1 Å². The van der Waals surface area contributed by atoms with E-state index in [9.17, 15) is 0 Å². The molecule has 0 saturated carbocycles. The van der Waals surface area contributed by atoms with E-state index < -0.39 is 0 Å². The van der Waals surface area contributed by atoms with Gasteiger partial charge in [0.25, 0.3) is 0 Å².